The minimum atomic E-state index is 0.162. The highest BCUT2D eigenvalue weighted by atomic mass is 35.5. The maximum atomic E-state index is 5.93. The predicted molar refractivity (Wildman–Crippen MR) is 113 cm³/mol. The third kappa shape index (κ3) is 3.89. The lowest BCUT2D eigenvalue weighted by atomic mass is 9.98. The van der Waals surface area contributed by atoms with Crippen LogP contribution in [0.1, 0.15) is 23.4 Å². The summed E-state index contributed by atoms with van der Waals surface area (Å²) in [5.41, 5.74) is 2.15. The Kier molecular flexibility index (Phi) is 4.97. The van der Waals surface area contributed by atoms with Crippen LogP contribution in [-0.4, -0.2) is 17.3 Å². The molecule has 0 amide bonds. The number of hydrogen-bond acceptors (Lipinski definition) is 5. The van der Waals surface area contributed by atoms with Gasteiger partial charge in [0.25, 0.3) is 0 Å². The van der Waals surface area contributed by atoms with Crippen molar-refractivity contribution in [2.45, 2.75) is 12.8 Å². The average Bonchev–Trinajstić information content (AvgIpc) is 3.16. The van der Waals surface area contributed by atoms with Gasteiger partial charge in [0, 0.05) is 16.6 Å². The van der Waals surface area contributed by atoms with E-state index in [4.69, 9.17) is 16.3 Å². The van der Waals surface area contributed by atoms with Crippen molar-refractivity contribution in [2.75, 3.05) is 12.4 Å². The van der Waals surface area contributed by atoms with E-state index in [9.17, 15) is 0 Å². The SMILES string of the molecule is COc1ccc2cc(C(C)c3nnc(Nc4ccc(Cl)cc4)s3)ccc2c1. The molecule has 1 unspecified atom stereocenters. The molecule has 0 aliphatic heterocycles. The maximum absolute atomic E-state index is 5.93. The molecule has 4 rings (SSSR count). The number of hydrogen-bond donors (Lipinski definition) is 1. The van der Waals surface area contributed by atoms with Gasteiger partial charge in [-0.2, -0.15) is 0 Å². The summed E-state index contributed by atoms with van der Waals surface area (Å²) in [7, 11) is 1.68. The normalized spacial score (nSPS) is 12.1. The van der Waals surface area contributed by atoms with E-state index in [1.165, 1.54) is 10.9 Å². The van der Waals surface area contributed by atoms with Crippen molar-refractivity contribution in [3.8, 4) is 5.75 Å². The van der Waals surface area contributed by atoms with Crippen LogP contribution >= 0.6 is 22.9 Å². The number of halogens is 1. The Bertz CT molecular complexity index is 1080. The zero-order chi connectivity index (χ0) is 18.8. The van der Waals surface area contributed by atoms with Gasteiger partial charge in [0.1, 0.15) is 10.8 Å². The van der Waals surface area contributed by atoms with Crippen LogP contribution in [0.4, 0.5) is 10.8 Å². The van der Waals surface area contributed by atoms with Crippen molar-refractivity contribution in [3.05, 3.63) is 76.3 Å². The third-order valence-corrected chi connectivity index (χ3v) is 5.75. The lowest BCUT2D eigenvalue weighted by Gasteiger charge is -2.10. The molecule has 0 saturated heterocycles. The van der Waals surface area contributed by atoms with Gasteiger partial charge >= 0.3 is 0 Å². The quantitative estimate of drug-likeness (QED) is 0.434. The van der Waals surface area contributed by atoms with Crippen LogP contribution in [-0.2, 0) is 0 Å². The van der Waals surface area contributed by atoms with Crippen LogP contribution in [0.2, 0.25) is 5.02 Å². The molecule has 4 aromatic rings. The van der Waals surface area contributed by atoms with Crippen molar-refractivity contribution >= 4 is 44.5 Å². The van der Waals surface area contributed by atoms with Crippen LogP contribution in [0.5, 0.6) is 5.75 Å². The number of nitrogens with zero attached hydrogens (tertiary/aromatic N) is 2. The molecule has 27 heavy (non-hydrogen) atoms. The lowest BCUT2D eigenvalue weighted by Crippen LogP contribution is -1.95. The van der Waals surface area contributed by atoms with E-state index in [1.807, 2.05) is 36.4 Å². The highest BCUT2D eigenvalue weighted by molar-refractivity contribution is 7.15. The Morgan fingerprint density at radius 1 is 0.963 bits per heavy atom. The number of anilines is 2. The first-order chi connectivity index (χ1) is 13.1. The summed E-state index contributed by atoms with van der Waals surface area (Å²) >= 11 is 7.49. The van der Waals surface area contributed by atoms with E-state index in [0.717, 1.165) is 27.0 Å². The third-order valence-electron chi connectivity index (χ3n) is 4.48. The van der Waals surface area contributed by atoms with Gasteiger partial charge in [-0.25, -0.2) is 0 Å². The average molecular weight is 396 g/mol. The van der Waals surface area contributed by atoms with Gasteiger partial charge in [0.15, 0.2) is 0 Å². The molecule has 0 spiro atoms. The molecule has 3 aromatic carbocycles. The number of aromatic nitrogens is 2. The molecule has 0 saturated carbocycles. The Hall–Kier alpha value is -2.63. The molecular weight excluding hydrogens is 378 g/mol. The monoisotopic (exact) mass is 395 g/mol. The first-order valence-corrected chi connectivity index (χ1v) is 9.75. The highest BCUT2D eigenvalue weighted by Crippen LogP contribution is 2.32. The first-order valence-electron chi connectivity index (χ1n) is 8.56. The van der Waals surface area contributed by atoms with Gasteiger partial charge < -0.3 is 10.1 Å². The van der Waals surface area contributed by atoms with E-state index in [0.29, 0.717) is 5.02 Å². The van der Waals surface area contributed by atoms with Crippen molar-refractivity contribution in [1.82, 2.24) is 10.2 Å². The second-order valence-corrected chi connectivity index (χ2v) is 7.72. The number of nitrogens with one attached hydrogen (secondary N) is 1. The molecule has 0 fully saturated rings. The number of methoxy groups -OCH3 is 1. The van der Waals surface area contributed by atoms with Crippen molar-refractivity contribution in [1.29, 1.82) is 0 Å². The molecule has 0 aliphatic carbocycles. The van der Waals surface area contributed by atoms with Gasteiger partial charge in [0.2, 0.25) is 5.13 Å². The largest absolute Gasteiger partial charge is 0.497 e. The van der Waals surface area contributed by atoms with Gasteiger partial charge in [0.05, 0.1) is 7.11 Å². The molecule has 0 radical (unpaired) electrons. The van der Waals surface area contributed by atoms with Crippen molar-refractivity contribution in [2.24, 2.45) is 0 Å². The number of benzene rings is 3. The van der Waals surface area contributed by atoms with Gasteiger partial charge in [-0.3, -0.25) is 0 Å². The summed E-state index contributed by atoms with van der Waals surface area (Å²) in [5.74, 6) is 1.03. The number of ether oxygens (including phenoxy) is 1. The molecule has 1 aromatic heterocycles. The molecular formula is C21H18ClN3OS. The fourth-order valence-corrected chi connectivity index (χ4v) is 3.87. The van der Waals surface area contributed by atoms with Gasteiger partial charge in [-0.05, 0) is 52.7 Å². The summed E-state index contributed by atoms with van der Waals surface area (Å²) < 4.78 is 5.30. The van der Waals surface area contributed by atoms with Crippen LogP contribution in [0.3, 0.4) is 0 Å². The smallest absolute Gasteiger partial charge is 0.210 e. The Morgan fingerprint density at radius 3 is 2.48 bits per heavy atom. The topological polar surface area (TPSA) is 47.0 Å². The molecule has 1 N–H and O–H groups in total. The highest BCUT2D eigenvalue weighted by Gasteiger charge is 2.15. The van der Waals surface area contributed by atoms with Crippen LogP contribution in [0.25, 0.3) is 10.8 Å². The fourth-order valence-electron chi connectivity index (χ4n) is 2.90. The van der Waals surface area contributed by atoms with Crippen LogP contribution < -0.4 is 10.1 Å². The Morgan fingerprint density at radius 2 is 1.70 bits per heavy atom. The van der Waals surface area contributed by atoms with E-state index in [2.05, 4.69) is 46.7 Å². The molecule has 4 nitrogen and oxygen atoms in total. The minimum absolute atomic E-state index is 0.162. The standard InChI is InChI=1S/C21H18ClN3OS/c1-13(14-3-4-16-12-19(26-2)10-5-15(16)11-14)20-24-25-21(27-20)23-18-8-6-17(22)7-9-18/h3-13H,1-2H3,(H,23,25). The second kappa shape index (κ2) is 7.55. The zero-order valence-electron chi connectivity index (χ0n) is 14.9. The molecule has 0 bridgehead atoms. The van der Waals surface area contributed by atoms with Crippen molar-refractivity contribution in [3.63, 3.8) is 0 Å². The van der Waals surface area contributed by atoms with Gasteiger partial charge in [-0.1, -0.05) is 54.1 Å². The number of fused-ring (bicyclic) bond motifs is 1. The van der Waals surface area contributed by atoms with Crippen LogP contribution in [0.15, 0.2) is 60.7 Å². The van der Waals surface area contributed by atoms with E-state index < -0.39 is 0 Å². The minimum Gasteiger partial charge on any atom is -0.497 e. The molecule has 1 atom stereocenters. The van der Waals surface area contributed by atoms with Crippen LogP contribution in [0, 0.1) is 0 Å². The Balaban J connectivity index is 1.55. The number of rotatable bonds is 5. The summed E-state index contributed by atoms with van der Waals surface area (Å²) in [6, 6.07) is 20.1. The molecule has 136 valence electrons. The summed E-state index contributed by atoms with van der Waals surface area (Å²) in [4.78, 5) is 0. The van der Waals surface area contributed by atoms with Crippen molar-refractivity contribution < 1.29 is 4.74 Å². The summed E-state index contributed by atoms with van der Waals surface area (Å²) in [5, 5.41) is 16.7. The van der Waals surface area contributed by atoms with E-state index in [1.54, 1.807) is 18.4 Å². The fraction of sp³-hybridized carbons (Fsp3) is 0.143. The molecule has 6 heteroatoms. The summed E-state index contributed by atoms with van der Waals surface area (Å²) in [6.45, 7) is 2.15. The molecule has 0 aliphatic rings. The van der Waals surface area contributed by atoms with E-state index >= 15 is 0 Å². The Labute approximate surface area is 166 Å². The lowest BCUT2D eigenvalue weighted by molar-refractivity contribution is 0.415. The second-order valence-electron chi connectivity index (χ2n) is 6.27. The first kappa shape index (κ1) is 17.8. The van der Waals surface area contributed by atoms with Gasteiger partial charge in [-0.15, -0.1) is 10.2 Å². The van der Waals surface area contributed by atoms with E-state index in [-0.39, 0.29) is 5.92 Å². The predicted octanol–water partition coefficient (Wildman–Crippen LogP) is 6.25. The zero-order valence-corrected chi connectivity index (χ0v) is 16.5. The molecule has 1 heterocycles. The maximum Gasteiger partial charge on any atom is 0.210 e. The summed E-state index contributed by atoms with van der Waals surface area (Å²) in [6.07, 6.45) is 0.